The summed E-state index contributed by atoms with van der Waals surface area (Å²) in [7, 11) is 1.58. The fourth-order valence-electron chi connectivity index (χ4n) is 3.97. The molecule has 2 aromatic carbocycles. The second-order valence-electron chi connectivity index (χ2n) is 8.18. The lowest BCUT2D eigenvalue weighted by atomic mass is 9.86. The lowest BCUT2D eigenvalue weighted by molar-refractivity contribution is -0.113. The molecule has 36 heavy (non-hydrogen) atoms. The number of nitrogens with one attached hydrogen (secondary N) is 2. The summed E-state index contributed by atoms with van der Waals surface area (Å²) < 4.78 is 5.16. The van der Waals surface area contributed by atoms with Gasteiger partial charge in [0.15, 0.2) is 5.78 Å². The van der Waals surface area contributed by atoms with Crippen LogP contribution in [0.2, 0.25) is 0 Å². The number of thioether (sulfide) groups is 1. The average molecular weight is 516 g/mol. The lowest BCUT2D eigenvalue weighted by Crippen LogP contribution is -2.30. The number of para-hydroxylation sites is 1. The van der Waals surface area contributed by atoms with Gasteiger partial charge in [0.2, 0.25) is 0 Å². The summed E-state index contributed by atoms with van der Waals surface area (Å²) in [6.07, 6.45) is 0. The van der Waals surface area contributed by atoms with Crippen LogP contribution in [-0.2, 0) is 4.79 Å². The number of hydrogen-bond donors (Lipinski definition) is 2. The number of thiophene rings is 1. The largest absolute Gasteiger partial charge is 0.497 e. The maximum Gasteiger partial charge on any atom is 0.254 e. The number of Topliss-reactive ketones (excluding diaryl/α,β-unsaturated/α-hetero) is 1. The molecule has 1 atom stereocenters. The Bertz CT molecular complexity index is 1380. The predicted octanol–water partition coefficient (Wildman–Crippen LogP) is 6.02. The minimum absolute atomic E-state index is 0.0633. The SMILES string of the molecule is COc1ccc(C(=O)CSC2=C(C#N)[C@H](c3cccs3)C(C(=O)Nc3ccccc3C)=C(C)N2)cc1. The topological polar surface area (TPSA) is 91.2 Å². The van der Waals surface area contributed by atoms with E-state index in [4.69, 9.17) is 4.74 Å². The minimum Gasteiger partial charge on any atom is -0.497 e. The Morgan fingerprint density at radius 1 is 1.11 bits per heavy atom. The number of hydrogen-bond acceptors (Lipinski definition) is 7. The van der Waals surface area contributed by atoms with Gasteiger partial charge >= 0.3 is 0 Å². The van der Waals surface area contributed by atoms with Crippen LogP contribution in [0.4, 0.5) is 5.69 Å². The van der Waals surface area contributed by atoms with Gasteiger partial charge in [-0.1, -0.05) is 36.0 Å². The first kappa shape index (κ1) is 25.3. The van der Waals surface area contributed by atoms with Gasteiger partial charge in [-0.05, 0) is 61.2 Å². The summed E-state index contributed by atoms with van der Waals surface area (Å²) in [5, 5.41) is 18.9. The van der Waals surface area contributed by atoms with Gasteiger partial charge in [0.1, 0.15) is 5.75 Å². The number of aryl methyl sites for hydroxylation is 1. The van der Waals surface area contributed by atoms with E-state index in [0.29, 0.717) is 33.2 Å². The zero-order valence-corrected chi connectivity index (χ0v) is 21.8. The molecule has 2 N–H and O–H groups in total. The van der Waals surface area contributed by atoms with Gasteiger partial charge in [-0.3, -0.25) is 9.59 Å². The molecule has 1 aromatic heterocycles. The van der Waals surface area contributed by atoms with Crippen molar-refractivity contribution in [1.29, 1.82) is 5.26 Å². The number of benzene rings is 2. The second-order valence-corrected chi connectivity index (χ2v) is 10.1. The van der Waals surface area contributed by atoms with E-state index in [1.807, 2.05) is 55.6 Å². The number of nitrogens with zero attached hydrogens (tertiary/aromatic N) is 1. The third-order valence-corrected chi connectivity index (χ3v) is 7.83. The summed E-state index contributed by atoms with van der Waals surface area (Å²) in [5.41, 5.74) is 3.80. The van der Waals surface area contributed by atoms with E-state index in [-0.39, 0.29) is 17.4 Å². The molecule has 1 aliphatic rings. The number of methoxy groups -OCH3 is 1. The highest BCUT2D eigenvalue weighted by Gasteiger charge is 2.35. The van der Waals surface area contributed by atoms with Crippen molar-refractivity contribution in [2.24, 2.45) is 0 Å². The molecule has 0 saturated carbocycles. The number of dihydropyridines is 1. The van der Waals surface area contributed by atoms with E-state index < -0.39 is 5.92 Å². The van der Waals surface area contributed by atoms with Crippen molar-refractivity contribution in [3.8, 4) is 11.8 Å². The number of carbonyl (C=O) groups is 2. The van der Waals surface area contributed by atoms with Crippen LogP contribution in [0.25, 0.3) is 0 Å². The highest BCUT2D eigenvalue weighted by Crippen LogP contribution is 2.42. The maximum atomic E-state index is 13.5. The summed E-state index contributed by atoms with van der Waals surface area (Å²) in [5.74, 6) is -0.0299. The van der Waals surface area contributed by atoms with Crippen molar-refractivity contribution in [3.05, 3.63) is 104 Å². The molecule has 0 spiro atoms. The molecule has 4 rings (SSSR count). The number of ether oxygens (including phenoxy) is 1. The van der Waals surface area contributed by atoms with E-state index in [0.717, 1.165) is 16.1 Å². The van der Waals surface area contributed by atoms with Crippen LogP contribution in [0.5, 0.6) is 5.75 Å². The second kappa shape index (κ2) is 11.3. The molecule has 8 heteroatoms. The molecule has 0 aliphatic carbocycles. The molecule has 1 aliphatic heterocycles. The van der Waals surface area contributed by atoms with Crippen LogP contribution in [-0.4, -0.2) is 24.6 Å². The van der Waals surface area contributed by atoms with Gasteiger partial charge in [0, 0.05) is 27.4 Å². The van der Waals surface area contributed by atoms with Crippen molar-refractivity contribution in [2.75, 3.05) is 18.2 Å². The Morgan fingerprint density at radius 2 is 1.86 bits per heavy atom. The summed E-state index contributed by atoms with van der Waals surface area (Å²) in [6.45, 7) is 3.76. The zero-order valence-electron chi connectivity index (χ0n) is 20.1. The lowest BCUT2D eigenvalue weighted by Gasteiger charge is -2.29. The van der Waals surface area contributed by atoms with Crippen molar-refractivity contribution in [1.82, 2.24) is 5.32 Å². The number of allylic oxidation sites excluding steroid dienone is 2. The number of anilines is 1. The van der Waals surface area contributed by atoms with Crippen molar-refractivity contribution < 1.29 is 14.3 Å². The van der Waals surface area contributed by atoms with Gasteiger partial charge in [0.25, 0.3) is 5.91 Å². The standard InChI is InChI=1S/C28H25N3O3S2/c1-17-7-4-5-8-22(17)31-27(33)25-18(2)30-28(21(15-29)26(25)24-9-6-14-35-24)36-16-23(32)19-10-12-20(34-3)13-11-19/h4-14,26,30H,16H2,1-3H3,(H,31,33)/t26-/m1/s1. The highest BCUT2D eigenvalue weighted by atomic mass is 32.2. The smallest absolute Gasteiger partial charge is 0.254 e. The van der Waals surface area contributed by atoms with E-state index in [1.54, 1.807) is 31.4 Å². The Kier molecular flexibility index (Phi) is 7.93. The summed E-state index contributed by atoms with van der Waals surface area (Å²) >= 11 is 2.76. The van der Waals surface area contributed by atoms with Gasteiger partial charge in [-0.15, -0.1) is 11.3 Å². The highest BCUT2D eigenvalue weighted by molar-refractivity contribution is 8.03. The molecule has 2 heterocycles. The van der Waals surface area contributed by atoms with Crippen LogP contribution in [0.3, 0.4) is 0 Å². The maximum absolute atomic E-state index is 13.5. The molecule has 0 saturated heterocycles. The molecule has 0 unspecified atom stereocenters. The van der Waals surface area contributed by atoms with Crippen molar-refractivity contribution >= 4 is 40.5 Å². The van der Waals surface area contributed by atoms with E-state index in [9.17, 15) is 14.9 Å². The van der Waals surface area contributed by atoms with Gasteiger partial charge in [0.05, 0.1) is 35.5 Å². The van der Waals surface area contributed by atoms with E-state index in [1.165, 1.54) is 23.1 Å². The fourth-order valence-corrected chi connectivity index (χ4v) is 5.80. The zero-order chi connectivity index (χ0) is 25.7. The van der Waals surface area contributed by atoms with Gasteiger partial charge < -0.3 is 15.4 Å². The molecular weight excluding hydrogens is 490 g/mol. The molecule has 0 radical (unpaired) electrons. The Balaban J connectivity index is 1.62. The Morgan fingerprint density at radius 3 is 2.50 bits per heavy atom. The van der Waals surface area contributed by atoms with E-state index in [2.05, 4.69) is 16.7 Å². The fraction of sp³-hybridized carbons (Fsp3) is 0.179. The first-order valence-corrected chi connectivity index (χ1v) is 13.1. The molecule has 6 nitrogen and oxygen atoms in total. The summed E-state index contributed by atoms with van der Waals surface area (Å²) in [6, 6.07) is 20.7. The first-order chi connectivity index (χ1) is 17.4. The normalized spacial score (nSPS) is 15.2. The minimum atomic E-state index is -0.529. The van der Waals surface area contributed by atoms with Gasteiger partial charge in [-0.2, -0.15) is 5.26 Å². The first-order valence-electron chi connectivity index (χ1n) is 11.3. The van der Waals surface area contributed by atoms with Crippen LogP contribution in [0, 0.1) is 18.3 Å². The number of nitriles is 1. The third-order valence-electron chi connectivity index (χ3n) is 5.87. The van der Waals surface area contributed by atoms with Crippen LogP contribution < -0.4 is 15.4 Å². The third kappa shape index (κ3) is 5.38. The monoisotopic (exact) mass is 515 g/mol. The average Bonchev–Trinajstić information content (AvgIpc) is 3.43. The molecule has 0 fully saturated rings. The number of ketones is 1. The van der Waals surface area contributed by atoms with Crippen molar-refractivity contribution in [2.45, 2.75) is 19.8 Å². The molecule has 1 amide bonds. The molecule has 0 bridgehead atoms. The van der Waals surface area contributed by atoms with E-state index >= 15 is 0 Å². The predicted molar refractivity (Wildman–Crippen MR) is 145 cm³/mol. The van der Waals surface area contributed by atoms with Gasteiger partial charge in [-0.25, -0.2) is 0 Å². The molecule has 3 aromatic rings. The van der Waals surface area contributed by atoms with Crippen LogP contribution in [0.1, 0.15) is 33.6 Å². The molecular formula is C28H25N3O3S2. The van der Waals surface area contributed by atoms with Crippen molar-refractivity contribution in [3.63, 3.8) is 0 Å². The number of rotatable bonds is 8. The number of amides is 1. The van der Waals surface area contributed by atoms with Crippen LogP contribution >= 0.6 is 23.1 Å². The molecule has 182 valence electrons. The Hall–Kier alpha value is -3.80. The Labute approximate surface area is 218 Å². The number of carbonyl (C=O) groups excluding carboxylic acids is 2. The quantitative estimate of drug-likeness (QED) is 0.357. The summed E-state index contributed by atoms with van der Waals surface area (Å²) in [4.78, 5) is 27.2. The van der Waals surface area contributed by atoms with Crippen LogP contribution in [0.15, 0.2) is 87.9 Å².